The van der Waals surface area contributed by atoms with E-state index in [4.69, 9.17) is 0 Å². The van der Waals surface area contributed by atoms with Crippen molar-refractivity contribution >= 4 is 10.9 Å². The molecule has 0 unspecified atom stereocenters. The number of rotatable bonds is 3. The molecule has 27 heavy (non-hydrogen) atoms. The monoisotopic (exact) mass is 373 g/mol. The molecular weight excluding hydrogens is 351 g/mol. The van der Waals surface area contributed by atoms with E-state index in [-0.39, 0.29) is 0 Å². The number of fused-ring (bicyclic) bond motifs is 3. The summed E-state index contributed by atoms with van der Waals surface area (Å²) in [5.41, 5.74) is 5.16. The predicted octanol–water partition coefficient (Wildman–Crippen LogP) is 4.59. The van der Waals surface area contributed by atoms with E-state index in [0.29, 0.717) is 6.42 Å². The van der Waals surface area contributed by atoms with Gasteiger partial charge in [-0.3, -0.25) is 4.98 Å². The smallest absolute Gasteiger partial charge is 0.344 e. The first-order valence-corrected chi connectivity index (χ1v) is 9.14. The fraction of sp³-hybridized carbons (Fsp3) is 0.381. The summed E-state index contributed by atoms with van der Waals surface area (Å²) < 4.78 is 40.4. The lowest BCUT2D eigenvalue weighted by Gasteiger charge is -2.24. The lowest BCUT2D eigenvalue weighted by Crippen LogP contribution is -2.27. The van der Waals surface area contributed by atoms with Crippen molar-refractivity contribution in [3.8, 4) is 0 Å². The summed E-state index contributed by atoms with van der Waals surface area (Å²) in [4.78, 5) is 5.91. The van der Waals surface area contributed by atoms with Crippen LogP contribution < -0.4 is 0 Å². The number of likely N-dealkylation sites (N-methyl/N-ethyl adjacent to an activating group) is 1. The Labute approximate surface area is 156 Å². The minimum atomic E-state index is -4.39. The molecule has 0 saturated heterocycles. The van der Waals surface area contributed by atoms with Crippen LogP contribution in [-0.2, 0) is 32.1 Å². The van der Waals surface area contributed by atoms with E-state index >= 15 is 0 Å². The molecule has 0 atom stereocenters. The molecule has 1 aliphatic heterocycles. The van der Waals surface area contributed by atoms with Gasteiger partial charge >= 0.3 is 6.18 Å². The number of pyridine rings is 1. The van der Waals surface area contributed by atoms with E-state index in [2.05, 4.69) is 46.6 Å². The van der Waals surface area contributed by atoms with Gasteiger partial charge in [-0.15, -0.1) is 0 Å². The summed E-state index contributed by atoms with van der Waals surface area (Å²) >= 11 is 0. The van der Waals surface area contributed by atoms with Crippen LogP contribution in [0, 0.1) is 6.92 Å². The maximum Gasteiger partial charge on any atom is 0.433 e. The van der Waals surface area contributed by atoms with Crippen molar-refractivity contribution in [3.05, 3.63) is 64.6 Å². The van der Waals surface area contributed by atoms with Gasteiger partial charge in [0.25, 0.3) is 0 Å². The molecule has 142 valence electrons. The number of nitrogens with zero attached hydrogens (tertiary/aromatic N) is 3. The highest BCUT2D eigenvalue weighted by Gasteiger charge is 2.32. The summed E-state index contributed by atoms with van der Waals surface area (Å²) in [6, 6.07) is 9.12. The molecule has 3 nitrogen and oxygen atoms in total. The second-order valence-electron chi connectivity index (χ2n) is 7.38. The molecule has 0 radical (unpaired) electrons. The van der Waals surface area contributed by atoms with E-state index in [1.165, 1.54) is 40.0 Å². The number of benzene rings is 1. The Hall–Kier alpha value is -2.34. The SMILES string of the molecule is Cc1ccc2c(c1)c1c(n2CCc2ccc(C(F)(F)F)nc2)CCN(C)C1. The van der Waals surface area contributed by atoms with Crippen molar-refractivity contribution in [2.24, 2.45) is 0 Å². The Morgan fingerprint density at radius 3 is 2.67 bits per heavy atom. The van der Waals surface area contributed by atoms with Crippen LogP contribution in [0.4, 0.5) is 13.2 Å². The quantitative estimate of drug-likeness (QED) is 0.669. The molecule has 0 N–H and O–H groups in total. The normalized spacial score (nSPS) is 15.3. The number of alkyl halides is 3. The van der Waals surface area contributed by atoms with E-state index in [1.54, 1.807) is 0 Å². The van der Waals surface area contributed by atoms with Crippen molar-refractivity contribution in [1.29, 1.82) is 0 Å². The van der Waals surface area contributed by atoms with Crippen LogP contribution in [-0.4, -0.2) is 28.0 Å². The van der Waals surface area contributed by atoms with Crippen LogP contribution in [0.5, 0.6) is 0 Å². The van der Waals surface area contributed by atoms with Gasteiger partial charge in [0.1, 0.15) is 5.69 Å². The van der Waals surface area contributed by atoms with Crippen LogP contribution in [0.25, 0.3) is 10.9 Å². The lowest BCUT2D eigenvalue weighted by molar-refractivity contribution is -0.141. The zero-order chi connectivity index (χ0) is 19.2. The Morgan fingerprint density at radius 1 is 1.15 bits per heavy atom. The largest absolute Gasteiger partial charge is 0.433 e. The molecule has 0 fully saturated rings. The van der Waals surface area contributed by atoms with E-state index in [1.807, 2.05) is 0 Å². The fourth-order valence-corrected chi connectivity index (χ4v) is 3.94. The summed E-state index contributed by atoms with van der Waals surface area (Å²) in [5, 5.41) is 1.29. The van der Waals surface area contributed by atoms with Crippen molar-refractivity contribution in [3.63, 3.8) is 0 Å². The molecule has 0 amide bonds. The van der Waals surface area contributed by atoms with Gasteiger partial charge in [0.05, 0.1) is 0 Å². The zero-order valence-corrected chi connectivity index (χ0v) is 15.5. The highest BCUT2D eigenvalue weighted by atomic mass is 19.4. The second-order valence-corrected chi connectivity index (χ2v) is 7.38. The molecule has 0 saturated carbocycles. The molecule has 3 heterocycles. The molecule has 0 spiro atoms. The third-order valence-electron chi connectivity index (χ3n) is 5.34. The third kappa shape index (κ3) is 3.46. The van der Waals surface area contributed by atoms with Crippen LogP contribution >= 0.6 is 0 Å². The van der Waals surface area contributed by atoms with Crippen LogP contribution in [0.2, 0.25) is 0 Å². The molecule has 3 aromatic rings. The molecule has 4 rings (SSSR count). The van der Waals surface area contributed by atoms with E-state index < -0.39 is 11.9 Å². The zero-order valence-electron chi connectivity index (χ0n) is 15.5. The standard InChI is InChI=1S/C21H22F3N3/c1-14-3-5-18-16(11-14)17-13-26(2)9-8-19(17)27(18)10-7-15-4-6-20(25-12-15)21(22,23)24/h3-6,11-12H,7-10,13H2,1-2H3. The van der Waals surface area contributed by atoms with Crippen LogP contribution in [0.15, 0.2) is 36.5 Å². The van der Waals surface area contributed by atoms with Gasteiger partial charge in [-0.25, -0.2) is 0 Å². The van der Waals surface area contributed by atoms with Crippen LogP contribution in [0.1, 0.15) is 28.1 Å². The highest BCUT2D eigenvalue weighted by Crippen LogP contribution is 2.32. The summed E-state index contributed by atoms with van der Waals surface area (Å²) in [6.45, 7) is 4.80. The number of halogens is 3. The number of aromatic nitrogens is 2. The molecule has 1 aliphatic rings. The van der Waals surface area contributed by atoms with Crippen molar-refractivity contribution < 1.29 is 13.2 Å². The topological polar surface area (TPSA) is 21.1 Å². The molecule has 0 aliphatic carbocycles. The minimum Gasteiger partial charge on any atom is -0.344 e. The van der Waals surface area contributed by atoms with Gasteiger partial charge in [0.15, 0.2) is 0 Å². The molecule has 2 aromatic heterocycles. The first-order chi connectivity index (χ1) is 12.8. The first kappa shape index (κ1) is 18.0. The molecular formula is C21H22F3N3. The lowest BCUT2D eigenvalue weighted by atomic mass is 10.0. The van der Waals surface area contributed by atoms with E-state index in [0.717, 1.165) is 37.7 Å². The van der Waals surface area contributed by atoms with Gasteiger partial charge < -0.3 is 9.47 Å². The number of hydrogen-bond donors (Lipinski definition) is 0. The summed E-state index contributed by atoms with van der Waals surface area (Å²) in [7, 11) is 2.13. The Kier molecular flexibility index (Phi) is 4.46. The second kappa shape index (κ2) is 6.68. The molecule has 6 heteroatoms. The Bertz CT molecular complexity index is 971. The molecule has 1 aromatic carbocycles. The molecule has 0 bridgehead atoms. The highest BCUT2D eigenvalue weighted by molar-refractivity contribution is 5.86. The van der Waals surface area contributed by atoms with Gasteiger partial charge in [-0.05, 0) is 49.7 Å². The fourth-order valence-electron chi connectivity index (χ4n) is 3.94. The van der Waals surface area contributed by atoms with Gasteiger partial charge in [-0.2, -0.15) is 13.2 Å². The van der Waals surface area contributed by atoms with Gasteiger partial charge in [0.2, 0.25) is 0 Å². The number of hydrogen-bond acceptors (Lipinski definition) is 2. The first-order valence-electron chi connectivity index (χ1n) is 9.14. The average molecular weight is 373 g/mol. The van der Waals surface area contributed by atoms with Crippen molar-refractivity contribution in [1.82, 2.24) is 14.5 Å². The Balaban J connectivity index is 1.64. The van der Waals surface area contributed by atoms with Gasteiger partial charge in [-0.1, -0.05) is 17.7 Å². The Morgan fingerprint density at radius 2 is 1.96 bits per heavy atom. The van der Waals surface area contributed by atoms with Crippen molar-refractivity contribution in [2.45, 2.75) is 39.0 Å². The van der Waals surface area contributed by atoms with E-state index in [9.17, 15) is 13.2 Å². The average Bonchev–Trinajstić information content (AvgIpc) is 2.92. The maximum atomic E-state index is 12.7. The maximum absolute atomic E-state index is 12.7. The predicted molar refractivity (Wildman–Crippen MR) is 99.7 cm³/mol. The van der Waals surface area contributed by atoms with Gasteiger partial charge in [0, 0.05) is 48.8 Å². The van der Waals surface area contributed by atoms with Crippen LogP contribution in [0.3, 0.4) is 0 Å². The number of aryl methyl sites for hydroxylation is 3. The summed E-state index contributed by atoms with van der Waals surface area (Å²) in [5.74, 6) is 0. The summed E-state index contributed by atoms with van der Waals surface area (Å²) in [6.07, 6.45) is -1.40. The minimum absolute atomic E-state index is 0.658. The van der Waals surface area contributed by atoms with Crippen molar-refractivity contribution in [2.75, 3.05) is 13.6 Å². The third-order valence-corrected chi connectivity index (χ3v) is 5.34.